The summed E-state index contributed by atoms with van der Waals surface area (Å²) in [6, 6.07) is -0.195. The van der Waals surface area contributed by atoms with Crippen LogP contribution in [0.3, 0.4) is 0 Å². The molecule has 0 bridgehead atoms. The third kappa shape index (κ3) is 3.87. The number of likely N-dealkylation sites (tertiary alicyclic amines) is 1. The molecule has 0 radical (unpaired) electrons. The first-order chi connectivity index (χ1) is 10.1. The Morgan fingerprint density at radius 1 is 1.19 bits per heavy atom. The molecule has 1 aliphatic heterocycles. The third-order valence-corrected chi connectivity index (χ3v) is 4.91. The van der Waals surface area contributed by atoms with Crippen molar-refractivity contribution < 1.29 is 19.8 Å². The quantitative estimate of drug-likeness (QED) is 0.732. The molecule has 6 heteroatoms. The molecule has 2 rings (SSSR count). The number of aliphatic hydroxyl groups is 1. The fraction of sp³-hybridized carbons (Fsp3) is 0.867. The molecule has 1 saturated carbocycles. The first-order valence-electron chi connectivity index (χ1n) is 7.94. The topological polar surface area (TPSA) is 89.9 Å². The molecule has 0 spiro atoms. The maximum atomic E-state index is 12.2. The number of piperidine rings is 1. The van der Waals surface area contributed by atoms with Gasteiger partial charge in [-0.05, 0) is 31.6 Å². The Kier molecular flexibility index (Phi) is 5.45. The molecule has 0 aromatic rings. The van der Waals surface area contributed by atoms with Gasteiger partial charge >= 0.3 is 12.0 Å². The van der Waals surface area contributed by atoms with E-state index in [0.29, 0.717) is 25.9 Å². The Balaban J connectivity index is 1.88. The lowest BCUT2D eigenvalue weighted by molar-refractivity contribution is -0.150. The largest absolute Gasteiger partial charge is 0.481 e. The van der Waals surface area contributed by atoms with Gasteiger partial charge in [-0.1, -0.05) is 19.3 Å². The van der Waals surface area contributed by atoms with Crippen molar-refractivity contribution in [2.24, 2.45) is 11.3 Å². The number of hydrogen-bond donors (Lipinski definition) is 3. The summed E-state index contributed by atoms with van der Waals surface area (Å²) in [6.45, 7) is 1.55. The molecule has 21 heavy (non-hydrogen) atoms. The van der Waals surface area contributed by atoms with Crippen LogP contribution in [0.5, 0.6) is 0 Å². The van der Waals surface area contributed by atoms with Gasteiger partial charge in [-0.25, -0.2) is 4.79 Å². The van der Waals surface area contributed by atoms with Gasteiger partial charge in [0.25, 0.3) is 0 Å². The molecule has 0 aromatic carbocycles. The normalized spacial score (nSPS) is 25.4. The first-order valence-corrected chi connectivity index (χ1v) is 7.94. The number of urea groups is 1. The van der Waals surface area contributed by atoms with Gasteiger partial charge in [0.15, 0.2) is 0 Å². The van der Waals surface area contributed by atoms with Gasteiger partial charge < -0.3 is 20.4 Å². The van der Waals surface area contributed by atoms with Crippen LogP contribution in [-0.4, -0.2) is 53.4 Å². The zero-order valence-electron chi connectivity index (χ0n) is 12.5. The number of rotatable bonds is 4. The van der Waals surface area contributed by atoms with Crippen molar-refractivity contribution in [1.82, 2.24) is 10.2 Å². The molecule has 2 amide bonds. The Morgan fingerprint density at radius 3 is 2.52 bits per heavy atom. The van der Waals surface area contributed by atoms with Crippen molar-refractivity contribution in [2.75, 3.05) is 26.2 Å². The fourth-order valence-corrected chi connectivity index (χ4v) is 3.45. The highest BCUT2D eigenvalue weighted by atomic mass is 16.4. The van der Waals surface area contributed by atoms with Crippen LogP contribution in [-0.2, 0) is 4.79 Å². The SMILES string of the molecule is O=C(NCC1(C(=O)O)CCCCC1)N1CCCC(CO)C1. The molecule has 1 unspecified atom stereocenters. The van der Waals surface area contributed by atoms with Crippen molar-refractivity contribution in [2.45, 2.75) is 44.9 Å². The van der Waals surface area contributed by atoms with Crippen LogP contribution < -0.4 is 5.32 Å². The Bertz CT molecular complexity index is 380. The Hall–Kier alpha value is -1.30. The molecular weight excluding hydrogens is 272 g/mol. The number of hydrogen-bond acceptors (Lipinski definition) is 3. The minimum Gasteiger partial charge on any atom is -0.481 e. The van der Waals surface area contributed by atoms with E-state index in [4.69, 9.17) is 0 Å². The summed E-state index contributed by atoms with van der Waals surface area (Å²) < 4.78 is 0. The first kappa shape index (κ1) is 16.1. The van der Waals surface area contributed by atoms with Crippen LogP contribution in [0.15, 0.2) is 0 Å². The molecule has 1 saturated heterocycles. The number of carbonyl (C=O) groups excluding carboxylic acids is 1. The average Bonchev–Trinajstić information content (AvgIpc) is 2.53. The summed E-state index contributed by atoms with van der Waals surface area (Å²) in [7, 11) is 0. The highest BCUT2D eigenvalue weighted by Crippen LogP contribution is 2.36. The molecule has 2 aliphatic rings. The van der Waals surface area contributed by atoms with Crippen molar-refractivity contribution >= 4 is 12.0 Å². The lowest BCUT2D eigenvalue weighted by atomic mass is 9.74. The maximum Gasteiger partial charge on any atom is 0.317 e. The predicted octanol–water partition coefficient (Wildman–Crippen LogP) is 1.44. The van der Waals surface area contributed by atoms with E-state index in [9.17, 15) is 19.8 Å². The molecule has 6 nitrogen and oxygen atoms in total. The van der Waals surface area contributed by atoms with E-state index in [0.717, 1.165) is 32.1 Å². The van der Waals surface area contributed by atoms with Crippen molar-refractivity contribution in [3.05, 3.63) is 0 Å². The molecule has 1 atom stereocenters. The number of nitrogens with one attached hydrogen (secondary N) is 1. The number of aliphatic hydroxyl groups excluding tert-OH is 1. The Labute approximate surface area is 125 Å². The third-order valence-electron chi connectivity index (χ3n) is 4.91. The van der Waals surface area contributed by atoms with Gasteiger partial charge in [-0.2, -0.15) is 0 Å². The number of carboxylic acid groups (broad SMARTS) is 1. The molecule has 0 aromatic heterocycles. The van der Waals surface area contributed by atoms with E-state index in [-0.39, 0.29) is 25.1 Å². The smallest absolute Gasteiger partial charge is 0.317 e. The highest BCUT2D eigenvalue weighted by molar-refractivity contribution is 5.78. The van der Waals surface area contributed by atoms with Gasteiger partial charge in [-0.15, -0.1) is 0 Å². The molecule has 120 valence electrons. The van der Waals surface area contributed by atoms with Crippen molar-refractivity contribution in [1.29, 1.82) is 0 Å². The molecule has 1 aliphatic carbocycles. The summed E-state index contributed by atoms with van der Waals surface area (Å²) in [5.74, 6) is -0.651. The molecule has 3 N–H and O–H groups in total. The monoisotopic (exact) mass is 298 g/mol. The highest BCUT2D eigenvalue weighted by Gasteiger charge is 2.40. The fourth-order valence-electron chi connectivity index (χ4n) is 3.45. The Morgan fingerprint density at radius 2 is 1.90 bits per heavy atom. The number of carbonyl (C=O) groups is 2. The average molecular weight is 298 g/mol. The van der Waals surface area contributed by atoms with Crippen LogP contribution >= 0.6 is 0 Å². The van der Waals surface area contributed by atoms with Crippen LogP contribution in [0, 0.1) is 11.3 Å². The van der Waals surface area contributed by atoms with Gasteiger partial charge in [0.1, 0.15) is 0 Å². The summed E-state index contributed by atoms with van der Waals surface area (Å²) in [5.41, 5.74) is -0.792. The number of aliphatic carboxylic acids is 1. The minimum atomic E-state index is -0.797. The summed E-state index contributed by atoms with van der Waals surface area (Å²) in [6.07, 6.45) is 6.02. The maximum absolute atomic E-state index is 12.2. The zero-order chi connectivity index (χ0) is 15.3. The molecule has 1 heterocycles. The van der Waals surface area contributed by atoms with E-state index in [1.807, 2.05) is 0 Å². The van der Waals surface area contributed by atoms with Gasteiger partial charge in [-0.3, -0.25) is 4.79 Å². The van der Waals surface area contributed by atoms with E-state index < -0.39 is 11.4 Å². The van der Waals surface area contributed by atoms with Crippen molar-refractivity contribution in [3.63, 3.8) is 0 Å². The molecule has 2 fully saturated rings. The van der Waals surface area contributed by atoms with Crippen LogP contribution in [0.25, 0.3) is 0 Å². The van der Waals surface area contributed by atoms with Crippen LogP contribution in [0.2, 0.25) is 0 Å². The van der Waals surface area contributed by atoms with E-state index in [1.165, 1.54) is 0 Å². The van der Waals surface area contributed by atoms with Gasteiger partial charge in [0.2, 0.25) is 0 Å². The van der Waals surface area contributed by atoms with E-state index >= 15 is 0 Å². The number of nitrogens with zero attached hydrogens (tertiary/aromatic N) is 1. The van der Waals surface area contributed by atoms with Crippen molar-refractivity contribution in [3.8, 4) is 0 Å². The van der Waals surface area contributed by atoms with Gasteiger partial charge in [0, 0.05) is 26.2 Å². The summed E-state index contributed by atoms with van der Waals surface area (Å²) in [5, 5.41) is 21.5. The van der Waals surface area contributed by atoms with Crippen LogP contribution in [0.4, 0.5) is 4.79 Å². The number of amides is 2. The second-order valence-corrected chi connectivity index (χ2v) is 6.44. The second kappa shape index (κ2) is 7.11. The zero-order valence-corrected chi connectivity index (χ0v) is 12.5. The van der Waals surface area contributed by atoms with E-state index in [1.54, 1.807) is 4.90 Å². The van der Waals surface area contributed by atoms with Crippen LogP contribution in [0.1, 0.15) is 44.9 Å². The standard InChI is InChI=1S/C15H26N2O4/c18-10-12-5-4-8-17(9-12)14(21)16-11-15(13(19)20)6-2-1-3-7-15/h12,18H,1-11H2,(H,16,21)(H,19,20). The summed E-state index contributed by atoms with van der Waals surface area (Å²) >= 11 is 0. The minimum absolute atomic E-state index is 0.100. The van der Waals surface area contributed by atoms with Gasteiger partial charge in [0.05, 0.1) is 5.41 Å². The lowest BCUT2D eigenvalue weighted by Gasteiger charge is -2.36. The summed E-state index contributed by atoms with van der Waals surface area (Å²) in [4.78, 5) is 25.5. The second-order valence-electron chi connectivity index (χ2n) is 6.44. The van der Waals surface area contributed by atoms with E-state index in [2.05, 4.69) is 5.32 Å². The molecular formula is C15H26N2O4. The lowest BCUT2D eigenvalue weighted by Crippen LogP contribution is -2.51. The predicted molar refractivity (Wildman–Crippen MR) is 77.9 cm³/mol. The number of carboxylic acids is 1.